The van der Waals surface area contributed by atoms with Crippen molar-refractivity contribution in [2.75, 3.05) is 6.54 Å². The van der Waals surface area contributed by atoms with E-state index in [1.165, 1.54) is 17.4 Å². The maximum Gasteiger partial charge on any atom is 0.419 e. The maximum absolute atomic E-state index is 13.0. The number of benzene rings is 1. The van der Waals surface area contributed by atoms with Gasteiger partial charge in [0.25, 0.3) is 0 Å². The lowest BCUT2D eigenvalue weighted by atomic mass is 10.1. The molecular formula is C13H13F3N2OS. The number of thiazole rings is 1. The summed E-state index contributed by atoms with van der Waals surface area (Å²) in [6.07, 6.45) is -2.48. The average molecular weight is 302 g/mol. The number of hydrogen-bond donors (Lipinski definition) is 1. The van der Waals surface area contributed by atoms with Gasteiger partial charge in [0.2, 0.25) is 0 Å². The van der Waals surface area contributed by atoms with E-state index in [1.807, 2.05) is 0 Å². The Morgan fingerprint density at radius 1 is 1.30 bits per heavy atom. The third kappa shape index (κ3) is 3.71. The minimum atomic E-state index is -4.45. The first-order chi connectivity index (χ1) is 9.50. The Bertz CT molecular complexity index is 555. The smallest absolute Gasteiger partial charge is 0.419 e. The zero-order chi connectivity index (χ0) is 14.6. The van der Waals surface area contributed by atoms with Crippen molar-refractivity contribution in [2.45, 2.75) is 19.2 Å². The van der Waals surface area contributed by atoms with Crippen molar-refractivity contribution in [3.63, 3.8) is 0 Å². The van der Waals surface area contributed by atoms with E-state index >= 15 is 0 Å². The highest BCUT2D eigenvalue weighted by atomic mass is 32.1. The molecule has 0 aliphatic heterocycles. The van der Waals surface area contributed by atoms with Gasteiger partial charge in [-0.2, -0.15) is 13.2 Å². The summed E-state index contributed by atoms with van der Waals surface area (Å²) in [5, 5.41) is 0. The van der Waals surface area contributed by atoms with E-state index in [1.54, 1.807) is 17.8 Å². The van der Waals surface area contributed by atoms with Crippen LogP contribution < -0.4 is 10.5 Å². The molecule has 1 aromatic heterocycles. The number of hydrogen-bond acceptors (Lipinski definition) is 4. The van der Waals surface area contributed by atoms with Crippen LogP contribution in [-0.4, -0.2) is 11.5 Å². The van der Waals surface area contributed by atoms with Gasteiger partial charge < -0.3 is 10.5 Å². The highest BCUT2D eigenvalue weighted by molar-refractivity contribution is 7.09. The number of halogens is 3. The first-order valence-corrected chi connectivity index (χ1v) is 6.79. The van der Waals surface area contributed by atoms with E-state index in [2.05, 4.69) is 4.98 Å². The summed E-state index contributed by atoms with van der Waals surface area (Å²) >= 11 is 1.33. The molecule has 0 unspecified atom stereocenters. The Morgan fingerprint density at radius 3 is 2.70 bits per heavy atom. The van der Waals surface area contributed by atoms with Crippen LogP contribution in [-0.2, 0) is 19.2 Å². The maximum atomic E-state index is 13.0. The summed E-state index contributed by atoms with van der Waals surface area (Å²) < 4.78 is 44.3. The summed E-state index contributed by atoms with van der Waals surface area (Å²) in [4.78, 5) is 4.61. The predicted molar refractivity (Wildman–Crippen MR) is 70.6 cm³/mol. The summed E-state index contributed by atoms with van der Waals surface area (Å²) in [5.41, 5.74) is 6.74. The van der Waals surface area contributed by atoms with Gasteiger partial charge in [0, 0.05) is 6.20 Å². The van der Waals surface area contributed by atoms with Crippen LogP contribution in [0.15, 0.2) is 29.9 Å². The van der Waals surface area contributed by atoms with Gasteiger partial charge in [-0.25, -0.2) is 0 Å². The molecule has 3 nitrogen and oxygen atoms in total. The van der Waals surface area contributed by atoms with Gasteiger partial charge in [-0.15, -0.1) is 11.3 Å². The Balaban J connectivity index is 2.22. The average Bonchev–Trinajstić information content (AvgIpc) is 2.89. The Kier molecular flexibility index (Phi) is 4.61. The Labute approximate surface area is 118 Å². The molecule has 0 saturated carbocycles. The second-order valence-electron chi connectivity index (χ2n) is 4.12. The van der Waals surface area contributed by atoms with Gasteiger partial charge in [0.1, 0.15) is 12.4 Å². The number of alkyl halides is 3. The van der Waals surface area contributed by atoms with Crippen LogP contribution in [0.4, 0.5) is 13.2 Å². The second-order valence-corrected chi connectivity index (χ2v) is 5.09. The molecule has 0 atom stereocenters. The van der Waals surface area contributed by atoms with E-state index in [-0.39, 0.29) is 12.4 Å². The van der Waals surface area contributed by atoms with Crippen molar-refractivity contribution in [1.82, 2.24) is 4.98 Å². The highest BCUT2D eigenvalue weighted by Crippen LogP contribution is 2.37. The van der Waals surface area contributed by atoms with E-state index in [0.29, 0.717) is 18.5 Å². The molecule has 1 aromatic carbocycles. The van der Waals surface area contributed by atoms with Crippen molar-refractivity contribution in [1.29, 1.82) is 0 Å². The minimum Gasteiger partial charge on any atom is -0.487 e. The fraction of sp³-hybridized carbons (Fsp3) is 0.308. The number of ether oxygens (including phenoxy) is 1. The van der Waals surface area contributed by atoms with Crippen LogP contribution in [0.5, 0.6) is 5.75 Å². The highest BCUT2D eigenvalue weighted by Gasteiger charge is 2.34. The van der Waals surface area contributed by atoms with Gasteiger partial charge >= 0.3 is 6.18 Å². The van der Waals surface area contributed by atoms with Gasteiger partial charge in [0.15, 0.2) is 0 Å². The minimum absolute atomic E-state index is 0.0734. The van der Waals surface area contributed by atoms with Crippen molar-refractivity contribution in [3.05, 3.63) is 45.9 Å². The predicted octanol–water partition coefficient (Wildman–Crippen LogP) is 3.24. The first-order valence-electron chi connectivity index (χ1n) is 5.91. The van der Waals surface area contributed by atoms with Crippen LogP contribution in [0.3, 0.4) is 0 Å². The fourth-order valence-corrected chi connectivity index (χ4v) is 2.21. The SMILES string of the molecule is NCCc1ccc(OCc2cncs2)c(C(F)(F)F)c1. The molecule has 7 heteroatoms. The molecule has 0 radical (unpaired) electrons. The lowest BCUT2D eigenvalue weighted by Crippen LogP contribution is -2.10. The lowest BCUT2D eigenvalue weighted by molar-refractivity contribution is -0.139. The Morgan fingerprint density at radius 2 is 2.10 bits per heavy atom. The molecule has 2 N–H and O–H groups in total. The molecule has 2 rings (SSSR count). The van der Waals surface area contributed by atoms with E-state index < -0.39 is 11.7 Å². The summed E-state index contributed by atoms with van der Waals surface area (Å²) in [7, 11) is 0. The molecule has 108 valence electrons. The van der Waals surface area contributed by atoms with Crippen LogP contribution in [0, 0.1) is 0 Å². The Hall–Kier alpha value is -1.60. The van der Waals surface area contributed by atoms with Crippen LogP contribution in [0.25, 0.3) is 0 Å². The van der Waals surface area contributed by atoms with E-state index in [9.17, 15) is 13.2 Å². The van der Waals surface area contributed by atoms with E-state index in [4.69, 9.17) is 10.5 Å². The molecule has 1 heterocycles. The summed E-state index contributed by atoms with van der Waals surface area (Å²) in [6.45, 7) is 0.377. The van der Waals surface area contributed by atoms with Crippen molar-refractivity contribution in [2.24, 2.45) is 5.73 Å². The van der Waals surface area contributed by atoms with Gasteiger partial charge in [-0.05, 0) is 30.7 Å². The molecular weight excluding hydrogens is 289 g/mol. The molecule has 2 aromatic rings. The molecule has 0 amide bonds. The van der Waals surface area contributed by atoms with Gasteiger partial charge in [0.05, 0.1) is 16.0 Å². The second kappa shape index (κ2) is 6.23. The molecule has 0 saturated heterocycles. The number of nitrogens with zero attached hydrogens (tertiary/aromatic N) is 1. The van der Waals surface area contributed by atoms with Crippen LogP contribution in [0.1, 0.15) is 16.0 Å². The van der Waals surface area contributed by atoms with Gasteiger partial charge in [-0.3, -0.25) is 4.98 Å². The van der Waals surface area contributed by atoms with Crippen LogP contribution >= 0.6 is 11.3 Å². The molecule has 0 bridgehead atoms. The number of rotatable bonds is 5. The topological polar surface area (TPSA) is 48.1 Å². The quantitative estimate of drug-likeness (QED) is 0.922. The van der Waals surface area contributed by atoms with E-state index in [0.717, 1.165) is 10.9 Å². The van der Waals surface area contributed by atoms with Crippen molar-refractivity contribution in [3.8, 4) is 5.75 Å². The van der Waals surface area contributed by atoms with Crippen molar-refractivity contribution >= 4 is 11.3 Å². The number of nitrogens with two attached hydrogens (primary N) is 1. The zero-order valence-electron chi connectivity index (χ0n) is 10.5. The third-order valence-electron chi connectivity index (χ3n) is 2.64. The monoisotopic (exact) mass is 302 g/mol. The molecule has 20 heavy (non-hydrogen) atoms. The molecule has 0 spiro atoms. The first kappa shape index (κ1) is 14.8. The number of aromatic nitrogens is 1. The summed E-state index contributed by atoms with van der Waals surface area (Å²) in [6, 6.07) is 4.04. The van der Waals surface area contributed by atoms with Gasteiger partial charge in [-0.1, -0.05) is 6.07 Å². The normalized spacial score (nSPS) is 11.6. The zero-order valence-corrected chi connectivity index (χ0v) is 11.3. The van der Waals surface area contributed by atoms with Crippen LogP contribution in [0.2, 0.25) is 0 Å². The molecule has 0 aliphatic carbocycles. The summed E-state index contributed by atoms with van der Waals surface area (Å²) in [5.74, 6) is -0.174. The largest absolute Gasteiger partial charge is 0.487 e. The molecule has 0 aliphatic rings. The molecule has 0 fully saturated rings. The standard InChI is InChI=1S/C13H13F3N2OS/c14-13(15,16)11-5-9(3-4-17)1-2-12(11)19-7-10-6-18-8-20-10/h1-2,5-6,8H,3-4,7,17H2. The fourth-order valence-electron chi connectivity index (χ4n) is 1.71. The lowest BCUT2D eigenvalue weighted by Gasteiger charge is -2.15. The third-order valence-corrected chi connectivity index (χ3v) is 3.39. The van der Waals surface area contributed by atoms with Crippen molar-refractivity contribution < 1.29 is 17.9 Å².